The van der Waals surface area contributed by atoms with Crippen molar-refractivity contribution in [2.75, 3.05) is 19.4 Å². The maximum Gasteiger partial charge on any atom is 0.278 e. The van der Waals surface area contributed by atoms with Gasteiger partial charge in [0.15, 0.2) is 11.5 Å². The molecule has 9 nitrogen and oxygen atoms in total. The number of allylic oxidation sites excluding steroid dienone is 1. The molecule has 0 aliphatic rings. The lowest BCUT2D eigenvalue weighted by atomic mass is 10.1. The van der Waals surface area contributed by atoms with Gasteiger partial charge in [0, 0.05) is 24.0 Å². The smallest absolute Gasteiger partial charge is 0.278 e. The van der Waals surface area contributed by atoms with Crippen LogP contribution in [0.1, 0.15) is 22.1 Å². The number of benzene rings is 1. The van der Waals surface area contributed by atoms with Gasteiger partial charge in [-0.15, -0.1) is 0 Å². The molecule has 0 spiro atoms. The molecule has 1 aromatic heterocycles. The number of nitrogens with two attached hydrogens (primary N) is 3. The molecule has 1 amide bonds. The van der Waals surface area contributed by atoms with Crippen molar-refractivity contribution in [1.82, 2.24) is 15.3 Å². The van der Waals surface area contributed by atoms with Crippen LogP contribution in [0.25, 0.3) is 0 Å². The molecule has 1 aromatic carbocycles. The molecule has 7 N–H and O–H groups in total. The lowest BCUT2D eigenvalue weighted by molar-refractivity contribution is 0.0963. The average molecular weight is 469 g/mol. The van der Waals surface area contributed by atoms with Gasteiger partial charge in [-0.05, 0) is 39.7 Å². The number of methoxy groups -OCH3 is 1. The third-order valence-electron chi connectivity index (χ3n) is 3.55. The van der Waals surface area contributed by atoms with Gasteiger partial charge in [0.05, 0.1) is 25.0 Å². The quantitative estimate of drug-likeness (QED) is 0.451. The molecule has 0 radical (unpaired) electrons. The summed E-state index contributed by atoms with van der Waals surface area (Å²) in [7, 11) is 1.54. The standard InChI is InChI=1S/C17H19BrClN7O2/c1-28-12-3-9(2-10(19)4-12)13(6-21)23-7-11(5-20)25-17(27)15-16(22)24-8-14(18)26-15/h2-5,7-8,13H,6,20-21H2,1H3,(H2,22,24)(H,25,27)/b11-5+,23-7?. The van der Waals surface area contributed by atoms with Crippen LogP contribution in [0.3, 0.4) is 0 Å². The van der Waals surface area contributed by atoms with Crippen LogP contribution < -0.4 is 27.3 Å². The summed E-state index contributed by atoms with van der Waals surface area (Å²) in [6.45, 7) is 0.204. The lowest BCUT2D eigenvalue weighted by Gasteiger charge is -2.13. The molecule has 28 heavy (non-hydrogen) atoms. The molecule has 2 rings (SSSR count). The Morgan fingerprint density at radius 3 is 2.86 bits per heavy atom. The van der Waals surface area contributed by atoms with Gasteiger partial charge in [-0.3, -0.25) is 9.79 Å². The van der Waals surface area contributed by atoms with Gasteiger partial charge in [0.25, 0.3) is 5.91 Å². The van der Waals surface area contributed by atoms with Crippen LogP contribution in [0.5, 0.6) is 5.75 Å². The van der Waals surface area contributed by atoms with Gasteiger partial charge in [0.1, 0.15) is 10.4 Å². The van der Waals surface area contributed by atoms with Gasteiger partial charge < -0.3 is 27.3 Å². The van der Waals surface area contributed by atoms with Gasteiger partial charge in [-0.1, -0.05) is 11.6 Å². The Morgan fingerprint density at radius 1 is 1.46 bits per heavy atom. The minimum Gasteiger partial charge on any atom is -0.497 e. The second kappa shape index (κ2) is 10.0. The van der Waals surface area contributed by atoms with Gasteiger partial charge in [-0.25, -0.2) is 9.97 Å². The number of carbonyl (C=O) groups is 1. The first-order valence-corrected chi connectivity index (χ1v) is 9.14. The molecule has 1 atom stereocenters. The number of carbonyl (C=O) groups excluding carboxylic acids is 1. The monoisotopic (exact) mass is 467 g/mol. The summed E-state index contributed by atoms with van der Waals surface area (Å²) >= 11 is 9.24. The summed E-state index contributed by atoms with van der Waals surface area (Å²) < 4.78 is 5.58. The largest absolute Gasteiger partial charge is 0.497 e. The summed E-state index contributed by atoms with van der Waals surface area (Å²) in [5.41, 5.74) is 18.0. The number of nitrogens with one attached hydrogen (secondary N) is 1. The number of hydrogen-bond acceptors (Lipinski definition) is 8. The highest BCUT2D eigenvalue weighted by Crippen LogP contribution is 2.26. The zero-order chi connectivity index (χ0) is 20.7. The Kier molecular flexibility index (Phi) is 7.73. The van der Waals surface area contributed by atoms with E-state index in [1.54, 1.807) is 18.2 Å². The third kappa shape index (κ3) is 5.65. The summed E-state index contributed by atoms with van der Waals surface area (Å²) in [4.78, 5) is 24.6. The highest BCUT2D eigenvalue weighted by molar-refractivity contribution is 9.10. The van der Waals surface area contributed by atoms with Crippen molar-refractivity contribution in [2.24, 2.45) is 16.5 Å². The van der Waals surface area contributed by atoms with Crippen molar-refractivity contribution >= 4 is 45.5 Å². The molecule has 0 saturated heterocycles. The third-order valence-corrected chi connectivity index (χ3v) is 4.16. The van der Waals surface area contributed by atoms with Crippen LogP contribution in [0.2, 0.25) is 5.02 Å². The summed E-state index contributed by atoms with van der Waals surface area (Å²) in [6.07, 6.45) is 3.97. The van der Waals surface area contributed by atoms with Crippen LogP contribution in [0, 0.1) is 0 Å². The Labute approximate surface area is 175 Å². The van der Waals surface area contributed by atoms with Gasteiger partial charge in [0.2, 0.25) is 0 Å². The van der Waals surface area contributed by atoms with Crippen LogP contribution in [-0.2, 0) is 0 Å². The van der Waals surface area contributed by atoms with Crippen molar-refractivity contribution in [3.05, 3.63) is 57.2 Å². The molecule has 2 aromatic rings. The zero-order valence-electron chi connectivity index (χ0n) is 14.9. The Hall–Kier alpha value is -2.69. The highest BCUT2D eigenvalue weighted by Gasteiger charge is 2.15. The number of ether oxygens (including phenoxy) is 1. The Morgan fingerprint density at radius 2 is 2.21 bits per heavy atom. The van der Waals surface area contributed by atoms with Crippen molar-refractivity contribution in [1.29, 1.82) is 0 Å². The van der Waals surface area contributed by atoms with Gasteiger partial charge >= 0.3 is 0 Å². The van der Waals surface area contributed by atoms with Crippen LogP contribution >= 0.6 is 27.5 Å². The lowest BCUT2D eigenvalue weighted by Crippen LogP contribution is -2.27. The van der Waals surface area contributed by atoms with E-state index < -0.39 is 11.9 Å². The fraction of sp³-hybridized carbons (Fsp3) is 0.176. The van der Waals surface area contributed by atoms with E-state index in [-0.39, 0.29) is 23.8 Å². The minimum absolute atomic E-state index is 0.0140. The number of amides is 1. The normalized spacial score (nSPS) is 12.8. The zero-order valence-corrected chi connectivity index (χ0v) is 17.2. The van der Waals surface area contributed by atoms with Crippen molar-refractivity contribution < 1.29 is 9.53 Å². The second-order valence-corrected chi connectivity index (χ2v) is 6.71. The summed E-state index contributed by atoms with van der Waals surface area (Å²) in [5.74, 6) is -0.00853. The molecule has 1 unspecified atom stereocenters. The molecular formula is C17H19BrClN7O2. The van der Waals surface area contributed by atoms with E-state index in [2.05, 4.69) is 36.2 Å². The Bertz CT molecular complexity index is 920. The van der Waals surface area contributed by atoms with Crippen molar-refractivity contribution in [3.63, 3.8) is 0 Å². The van der Waals surface area contributed by atoms with E-state index in [4.69, 9.17) is 33.5 Å². The molecule has 0 fully saturated rings. The van der Waals surface area contributed by atoms with E-state index >= 15 is 0 Å². The predicted octanol–water partition coefficient (Wildman–Crippen LogP) is 1.78. The minimum atomic E-state index is -0.580. The highest BCUT2D eigenvalue weighted by atomic mass is 79.9. The average Bonchev–Trinajstić information content (AvgIpc) is 2.68. The van der Waals surface area contributed by atoms with Gasteiger partial charge in [-0.2, -0.15) is 0 Å². The molecule has 11 heteroatoms. The molecule has 148 valence electrons. The fourth-order valence-corrected chi connectivity index (χ4v) is 2.71. The maximum atomic E-state index is 12.4. The number of rotatable bonds is 7. The van der Waals surface area contributed by atoms with Crippen LogP contribution in [-0.4, -0.2) is 35.7 Å². The number of nitrogens with zero attached hydrogens (tertiary/aromatic N) is 3. The van der Waals surface area contributed by atoms with Crippen molar-refractivity contribution in [3.8, 4) is 5.75 Å². The molecular weight excluding hydrogens is 450 g/mol. The first-order valence-electron chi connectivity index (χ1n) is 7.97. The van der Waals surface area contributed by atoms with Crippen LogP contribution in [0.4, 0.5) is 5.82 Å². The summed E-state index contributed by atoms with van der Waals surface area (Å²) in [6, 6.07) is 4.77. The summed E-state index contributed by atoms with van der Waals surface area (Å²) in [5, 5.41) is 3.06. The maximum absolute atomic E-state index is 12.4. The predicted molar refractivity (Wildman–Crippen MR) is 112 cm³/mol. The van der Waals surface area contributed by atoms with E-state index in [1.807, 2.05) is 0 Å². The first kappa shape index (κ1) is 21.6. The van der Waals surface area contributed by atoms with E-state index in [0.29, 0.717) is 15.4 Å². The number of halogens is 2. The number of aliphatic imine (C=N–C) groups is 1. The number of anilines is 1. The van der Waals surface area contributed by atoms with E-state index in [9.17, 15) is 4.79 Å². The first-order chi connectivity index (χ1) is 13.4. The fourth-order valence-electron chi connectivity index (χ4n) is 2.20. The van der Waals surface area contributed by atoms with E-state index in [0.717, 1.165) is 5.56 Å². The molecule has 1 heterocycles. The van der Waals surface area contributed by atoms with Crippen molar-refractivity contribution in [2.45, 2.75) is 6.04 Å². The number of hydrogen-bond donors (Lipinski definition) is 4. The number of aromatic nitrogens is 2. The number of nitrogen functional groups attached to an aromatic ring is 1. The van der Waals surface area contributed by atoms with E-state index in [1.165, 1.54) is 25.7 Å². The molecule has 0 aliphatic heterocycles. The molecule has 0 bridgehead atoms. The Balaban J connectivity index is 2.18. The topological polar surface area (TPSA) is 155 Å². The second-order valence-electron chi connectivity index (χ2n) is 5.46. The SMILES string of the molecule is COc1cc(Cl)cc(C(CN)N=C/C(=C\N)NC(=O)c2nc(Br)cnc2N)c1. The van der Waals surface area contributed by atoms with Crippen LogP contribution in [0.15, 0.2) is 45.9 Å². The molecule has 0 saturated carbocycles. The molecule has 0 aliphatic carbocycles.